The average Bonchev–Trinajstić information content (AvgIpc) is 2.98. The summed E-state index contributed by atoms with van der Waals surface area (Å²) in [4.78, 5) is 0. The van der Waals surface area contributed by atoms with Gasteiger partial charge in [-0.3, -0.25) is 0 Å². The quantitative estimate of drug-likeness (QED) is 0.0904. The summed E-state index contributed by atoms with van der Waals surface area (Å²) in [7, 11) is 0. The Morgan fingerprint density at radius 3 is 1.84 bits per heavy atom. The standard InChI is InChI=1S/C35H29F9O/c1-4-6-20-7-9-21(10-8-20)32(40)33(41)22-11-12-26(23(14-22)13-19(3)5-2)24-15-27(36)31(28(37)16-24)35(43,44)45-25-17-29(38)34(42)30(39)18-25/h7-12,14-19H,4-6,13H2,1-3H3. The molecule has 1 nitrogen and oxygen atoms in total. The zero-order valence-corrected chi connectivity index (χ0v) is 24.6. The van der Waals surface area contributed by atoms with Gasteiger partial charge in [-0.1, -0.05) is 70.0 Å². The molecule has 0 spiro atoms. The van der Waals surface area contributed by atoms with E-state index in [4.69, 9.17) is 0 Å². The number of halogens is 9. The van der Waals surface area contributed by atoms with Crippen molar-refractivity contribution in [2.24, 2.45) is 5.92 Å². The normalized spacial score (nSPS) is 13.1. The summed E-state index contributed by atoms with van der Waals surface area (Å²) in [5.41, 5.74) is -0.565. The highest BCUT2D eigenvalue weighted by Crippen LogP contribution is 2.39. The summed E-state index contributed by atoms with van der Waals surface area (Å²) in [5, 5.41) is 0. The Hall–Kier alpha value is -4.21. The predicted octanol–water partition coefficient (Wildman–Crippen LogP) is 11.5. The Labute approximate surface area is 255 Å². The molecule has 1 atom stereocenters. The van der Waals surface area contributed by atoms with E-state index >= 15 is 17.6 Å². The molecular weight excluding hydrogens is 607 g/mol. The lowest BCUT2D eigenvalue weighted by molar-refractivity contribution is -0.189. The van der Waals surface area contributed by atoms with Gasteiger partial charge in [0.15, 0.2) is 29.1 Å². The predicted molar refractivity (Wildman–Crippen MR) is 155 cm³/mol. The minimum atomic E-state index is -4.76. The molecule has 0 N–H and O–H groups in total. The van der Waals surface area contributed by atoms with Gasteiger partial charge in [0.25, 0.3) is 0 Å². The van der Waals surface area contributed by atoms with Crippen LogP contribution in [0.15, 0.2) is 66.7 Å². The first kappa shape index (κ1) is 33.7. The van der Waals surface area contributed by atoms with E-state index in [9.17, 15) is 22.0 Å². The third kappa shape index (κ3) is 7.54. The van der Waals surface area contributed by atoms with Gasteiger partial charge in [0.1, 0.15) is 22.9 Å². The van der Waals surface area contributed by atoms with Crippen molar-refractivity contribution in [2.75, 3.05) is 0 Å². The molecule has 4 aromatic rings. The Kier molecular flexibility index (Phi) is 10.4. The third-order valence-corrected chi connectivity index (χ3v) is 7.41. The Morgan fingerprint density at radius 1 is 0.733 bits per heavy atom. The molecule has 0 bridgehead atoms. The minimum Gasteiger partial charge on any atom is -0.429 e. The summed E-state index contributed by atoms with van der Waals surface area (Å²) in [6.45, 7) is 5.77. The van der Waals surface area contributed by atoms with Gasteiger partial charge >= 0.3 is 6.11 Å². The van der Waals surface area contributed by atoms with Gasteiger partial charge in [-0.25, -0.2) is 30.7 Å². The molecule has 238 valence electrons. The number of benzene rings is 4. The number of hydrogen-bond donors (Lipinski definition) is 0. The number of hydrogen-bond acceptors (Lipinski definition) is 1. The second-order valence-corrected chi connectivity index (χ2v) is 10.8. The van der Waals surface area contributed by atoms with Gasteiger partial charge in [-0.15, -0.1) is 0 Å². The highest BCUT2D eigenvalue weighted by atomic mass is 19.3. The molecule has 0 amide bonds. The lowest BCUT2D eigenvalue weighted by atomic mass is 9.89. The molecule has 4 aromatic carbocycles. The van der Waals surface area contributed by atoms with Crippen LogP contribution < -0.4 is 4.74 Å². The summed E-state index contributed by atoms with van der Waals surface area (Å²) in [5.74, 6) is -12.6. The SMILES string of the molecule is CCCc1ccc(C(F)=C(F)c2ccc(-c3cc(F)c(C(F)(F)Oc4cc(F)c(F)c(F)c4)c(F)c3)c(CC(C)CC)c2)cc1. The van der Waals surface area contributed by atoms with Crippen molar-refractivity contribution < 1.29 is 44.3 Å². The molecule has 1 unspecified atom stereocenters. The Morgan fingerprint density at radius 2 is 1.29 bits per heavy atom. The van der Waals surface area contributed by atoms with Gasteiger partial charge < -0.3 is 4.74 Å². The van der Waals surface area contributed by atoms with Crippen molar-refractivity contribution in [2.45, 2.75) is 52.6 Å². The molecule has 45 heavy (non-hydrogen) atoms. The largest absolute Gasteiger partial charge is 0.432 e. The minimum absolute atomic E-state index is 0.00481. The monoisotopic (exact) mass is 636 g/mol. The van der Waals surface area contributed by atoms with E-state index in [0.29, 0.717) is 24.1 Å². The fraction of sp³-hybridized carbons (Fsp3) is 0.257. The van der Waals surface area contributed by atoms with E-state index in [1.807, 2.05) is 20.8 Å². The van der Waals surface area contributed by atoms with Gasteiger partial charge in [0, 0.05) is 23.3 Å². The van der Waals surface area contributed by atoms with Crippen molar-refractivity contribution >= 4 is 11.7 Å². The third-order valence-electron chi connectivity index (χ3n) is 7.41. The molecule has 0 saturated carbocycles. The molecule has 0 heterocycles. The number of alkyl halides is 2. The van der Waals surface area contributed by atoms with Crippen molar-refractivity contribution in [3.05, 3.63) is 124 Å². The highest BCUT2D eigenvalue weighted by molar-refractivity contribution is 5.84. The molecule has 0 radical (unpaired) electrons. The van der Waals surface area contributed by atoms with Gasteiger partial charge in [0.2, 0.25) is 0 Å². The highest BCUT2D eigenvalue weighted by Gasteiger charge is 2.41. The van der Waals surface area contributed by atoms with Crippen molar-refractivity contribution in [3.63, 3.8) is 0 Å². The van der Waals surface area contributed by atoms with Crippen LogP contribution in [-0.4, -0.2) is 0 Å². The first-order valence-electron chi connectivity index (χ1n) is 14.2. The summed E-state index contributed by atoms with van der Waals surface area (Å²) < 4.78 is 135. The maximum absolute atomic E-state index is 15.4. The van der Waals surface area contributed by atoms with E-state index in [1.165, 1.54) is 30.3 Å². The first-order chi connectivity index (χ1) is 21.2. The van der Waals surface area contributed by atoms with Crippen LogP contribution in [0.3, 0.4) is 0 Å². The van der Waals surface area contributed by atoms with Crippen LogP contribution in [0.1, 0.15) is 61.4 Å². The second-order valence-electron chi connectivity index (χ2n) is 10.8. The van der Waals surface area contributed by atoms with Crippen molar-refractivity contribution in [3.8, 4) is 16.9 Å². The van der Waals surface area contributed by atoms with Crippen LogP contribution in [0.5, 0.6) is 5.75 Å². The van der Waals surface area contributed by atoms with E-state index in [1.54, 1.807) is 12.1 Å². The van der Waals surface area contributed by atoms with Crippen LogP contribution in [0.2, 0.25) is 0 Å². The average molecular weight is 637 g/mol. The van der Waals surface area contributed by atoms with E-state index in [-0.39, 0.29) is 46.7 Å². The second kappa shape index (κ2) is 13.8. The lowest BCUT2D eigenvalue weighted by Gasteiger charge is -2.21. The molecule has 0 aliphatic rings. The van der Waals surface area contributed by atoms with Gasteiger partial charge in [-0.2, -0.15) is 8.78 Å². The van der Waals surface area contributed by atoms with Crippen LogP contribution in [0.4, 0.5) is 39.5 Å². The molecule has 0 aromatic heterocycles. The Bertz CT molecular complexity index is 1670. The lowest BCUT2D eigenvalue weighted by Crippen LogP contribution is -2.25. The van der Waals surface area contributed by atoms with Crippen molar-refractivity contribution in [1.29, 1.82) is 0 Å². The molecule has 0 fully saturated rings. The van der Waals surface area contributed by atoms with E-state index in [2.05, 4.69) is 4.74 Å². The maximum atomic E-state index is 15.4. The zero-order chi connectivity index (χ0) is 33.1. The fourth-order valence-corrected chi connectivity index (χ4v) is 4.86. The summed E-state index contributed by atoms with van der Waals surface area (Å²) in [6, 6.07) is 11.7. The zero-order valence-electron chi connectivity index (χ0n) is 24.6. The topological polar surface area (TPSA) is 9.23 Å². The van der Waals surface area contributed by atoms with Crippen LogP contribution in [0, 0.1) is 35.0 Å². The smallest absolute Gasteiger partial charge is 0.429 e. The summed E-state index contributed by atoms with van der Waals surface area (Å²) >= 11 is 0. The molecule has 4 rings (SSSR count). The van der Waals surface area contributed by atoms with Crippen LogP contribution in [-0.2, 0) is 19.0 Å². The van der Waals surface area contributed by atoms with Gasteiger partial charge in [0.05, 0.1) is 0 Å². The number of aryl methyl sites for hydroxylation is 1. The fourth-order valence-electron chi connectivity index (χ4n) is 4.86. The van der Waals surface area contributed by atoms with E-state index < -0.39 is 58.2 Å². The molecule has 0 aliphatic carbocycles. The van der Waals surface area contributed by atoms with E-state index in [0.717, 1.165) is 18.4 Å². The van der Waals surface area contributed by atoms with Crippen LogP contribution >= 0.6 is 0 Å². The number of ether oxygens (including phenoxy) is 1. The maximum Gasteiger partial charge on any atom is 0.432 e. The van der Waals surface area contributed by atoms with Gasteiger partial charge in [-0.05, 0) is 59.2 Å². The number of rotatable bonds is 11. The molecular formula is C35H29F9O. The Balaban J connectivity index is 1.73. The summed E-state index contributed by atoms with van der Waals surface area (Å²) in [6.07, 6.45) is -2.12. The van der Waals surface area contributed by atoms with Crippen molar-refractivity contribution in [1.82, 2.24) is 0 Å². The molecule has 0 aliphatic heterocycles. The molecule has 10 heteroatoms. The van der Waals surface area contributed by atoms with Crippen LogP contribution in [0.25, 0.3) is 22.8 Å². The molecule has 0 saturated heterocycles. The first-order valence-corrected chi connectivity index (χ1v) is 14.2.